The molecule has 0 radical (unpaired) electrons. The van der Waals surface area contributed by atoms with Gasteiger partial charge in [0.25, 0.3) is 0 Å². The fraction of sp³-hybridized carbons (Fsp3) is 0.586. The summed E-state index contributed by atoms with van der Waals surface area (Å²) in [5.74, 6) is 0. The van der Waals surface area contributed by atoms with Crippen LogP contribution in [-0.4, -0.2) is 64.9 Å². The highest BCUT2D eigenvalue weighted by molar-refractivity contribution is 6.76. The lowest BCUT2D eigenvalue weighted by atomic mass is 9.98. The van der Waals surface area contributed by atoms with Gasteiger partial charge in [0.05, 0.1) is 17.8 Å². The highest BCUT2D eigenvalue weighted by Crippen LogP contribution is 2.37. The molecule has 210 valence electrons. The molecule has 3 aromatic rings. The van der Waals surface area contributed by atoms with Crippen LogP contribution in [0.5, 0.6) is 0 Å². The Balaban J connectivity index is 1.81. The van der Waals surface area contributed by atoms with E-state index in [0.29, 0.717) is 25.6 Å². The van der Waals surface area contributed by atoms with E-state index in [-0.39, 0.29) is 18.2 Å². The molecule has 1 N–H and O–H groups in total. The van der Waals surface area contributed by atoms with Gasteiger partial charge in [-0.05, 0) is 70.8 Å². The zero-order valence-electron chi connectivity index (χ0n) is 24.4. The number of piperidine rings is 1. The van der Waals surface area contributed by atoms with Crippen LogP contribution in [0.15, 0.2) is 24.5 Å². The van der Waals surface area contributed by atoms with Crippen molar-refractivity contribution >= 4 is 36.1 Å². The molecule has 1 aliphatic rings. The Hall–Kier alpha value is -3.00. The van der Waals surface area contributed by atoms with E-state index in [1.54, 1.807) is 12.4 Å². The SMILES string of the molecule is CC(c1ccnc2c1c1cc(C#N)ncc1n2COCC[Si](C)(C)C)N(C(=O)OC(C)(C)C)[C@H]1CCCNC1. The average molecular weight is 551 g/mol. The molecule has 1 amide bonds. The monoisotopic (exact) mass is 550 g/mol. The zero-order chi connectivity index (χ0) is 28.4. The van der Waals surface area contributed by atoms with E-state index in [1.165, 1.54) is 0 Å². The summed E-state index contributed by atoms with van der Waals surface area (Å²) in [6.45, 7) is 17.4. The fourth-order valence-corrected chi connectivity index (χ4v) is 5.91. The van der Waals surface area contributed by atoms with Crippen molar-refractivity contribution in [2.75, 3.05) is 19.7 Å². The molecule has 1 fully saturated rings. The van der Waals surface area contributed by atoms with E-state index in [2.05, 4.69) is 36.0 Å². The first kappa shape index (κ1) is 29.0. The molecule has 0 spiro atoms. The number of aromatic nitrogens is 3. The molecule has 1 aliphatic heterocycles. The maximum atomic E-state index is 13.6. The molecule has 0 aromatic carbocycles. The summed E-state index contributed by atoms with van der Waals surface area (Å²) >= 11 is 0. The second-order valence-corrected chi connectivity index (χ2v) is 18.3. The molecule has 0 bridgehead atoms. The molecule has 0 aliphatic carbocycles. The van der Waals surface area contributed by atoms with Crippen molar-refractivity contribution in [2.24, 2.45) is 0 Å². The van der Waals surface area contributed by atoms with Crippen LogP contribution in [0.4, 0.5) is 4.79 Å². The number of pyridine rings is 2. The van der Waals surface area contributed by atoms with Gasteiger partial charge in [0, 0.05) is 44.2 Å². The lowest BCUT2D eigenvalue weighted by Gasteiger charge is -2.39. The molecule has 3 aromatic heterocycles. The smallest absolute Gasteiger partial charge is 0.411 e. The summed E-state index contributed by atoms with van der Waals surface area (Å²) < 4.78 is 14.1. The van der Waals surface area contributed by atoms with Crippen LogP contribution in [0.2, 0.25) is 25.7 Å². The molecule has 4 heterocycles. The van der Waals surface area contributed by atoms with Crippen LogP contribution in [0.25, 0.3) is 21.9 Å². The number of hydrogen-bond acceptors (Lipinski definition) is 7. The van der Waals surface area contributed by atoms with Crippen LogP contribution >= 0.6 is 0 Å². The minimum absolute atomic E-state index is 0.00130. The molecule has 1 saturated heterocycles. The normalized spacial score (nSPS) is 17.2. The third-order valence-electron chi connectivity index (χ3n) is 7.13. The van der Waals surface area contributed by atoms with E-state index in [1.807, 2.05) is 49.3 Å². The Labute approximate surface area is 232 Å². The number of nitriles is 1. The van der Waals surface area contributed by atoms with Gasteiger partial charge in [-0.2, -0.15) is 5.26 Å². The Morgan fingerprint density at radius 3 is 2.74 bits per heavy atom. The van der Waals surface area contributed by atoms with E-state index in [0.717, 1.165) is 52.9 Å². The van der Waals surface area contributed by atoms with E-state index < -0.39 is 13.7 Å². The summed E-state index contributed by atoms with van der Waals surface area (Å²) in [5, 5.41) is 14.8. The maximum absolute atomic E-state index is 13.6. The zero-order valence-corrected chi connectivity index (χ0v) is 25.4. The lowest BCUT2D eigenvalue weighted by Crippen LogP contribution is -2.51. The molecule has 39 heavy (non-hydrogen) atoms. The Bertz CT molecular complexity index is 1360. The summed E-state index contributed by atoms with van der Waals surface area (Å²) in [6, 6.07) is 6.73. The standard InChI is InChI=1S/C29H42N6O3Si/c1-20(35(22-9-8-11-31-17-22)28(36)38-29(2,3)4)23-10-12-32-27-26(23)24-15-21(16-30)33-18-25(24)34(27)19-37-13-14-39(5,6)7/h10,12,15,18,20,22,31H,8-9,11,13-14,17,19H2,1-7H3/t20?,22-/m0/s1. The Kier molecular flexibility index (Phi) is 8.64. The fourth-order valence-electron chi connectivity index (χ4n) is 5.16. The number of nitrogens with one attached hydrogen (secondary N) is 1. The number of hydrogen-bond donors (Lipinski definition) is 1. The van der Waals surface area contributed by atoms with Gasteiger partial charge in [-0.15, -0.1) is 0 Å². The van der Waals surface area contributed by atoms with Crippen molar-refractivity contribution in [3.63, 3.8) is 0 Å². The van der Waals surface area contributed by atoms with E-state index >= 15 is 0 Å². The van der Waals surface area contributed by atoms with Crippen LogP contribution in [-0.2, 0) is 16.2 Å². The number of rotatable bonds is 8. The van der Waals surface area contributed by atoms with Crippen molar-refractivity contribution < 1.29 is 14.3 Å². The summed E-state index contributed by atoms with van der Waals surface area (Å²) in [6.07, 6.45) is 5.08. The predicted molar refractivity (Wildman–Crippen MR) is 156 cm³/mol. The van der Waals surface area contributed by atoms with Crippen molar-refractivity contribution in [1.82, 2.24) is 24.8 Å². The van der Waals surface area contributed by atoms with E-state index in [9.17, 15) is 10.1 Å². The maximum Gasteiger partial charge on any atom is 0.411 e. The average Bonchev–Trinajstić information content (AvgIpc) is 3.18. The number of carbonyl (C=O) groups is 1. The Morgan fingerprint density at radius 1 is 1.33 bits per heavy atom. The van der Waals surface area contributed by atoms with Crippen molar-refractivity contribution in [2.45, 2.75) is 90.6 Å². The quantitative estimate of drug-likeness (QED) is 0.278. The van der Waals surface area contributed by atoms with Crippen molar-refractivity contribution in [1.29, 1.82) is 5.26 Å². The minimum Gasteiger partial charge on any atom is -0.444 e. The van der Waals surface area contributed by atoms with Crippen molar-refractivity contribution in [3.8, 4) is 6.07 Å². The van der Waals surface area contributed by atoms with E-state index in [4.69, 9.17) is 14.5 Å². The number of carbonyl (C=O) groups excluding carboxylic acids is 1. The molecular weight excluding hydrogens is 508 g/mol. The largest absolute Gasteiger partial charge is 0.444 e. The molecule has 4 rings (SSSR count). The number of nitrogens with zero attached hydrogens (tertiary/aromatic N) is 5. The first-order valence-electron chi connectivity index (χ1n) is 13.9. The second-order valence-electron chi connectivity index (χ2n) is 12.6. The second kappa shape index (κ2) is 11.6. The van der Waals surface area contributed by atoms with Crippen molar-refractivity contribution in [3.05, 3.63) is 35.8 Å². The summed E-state index contributed by atoms with van der Waals surface area (Å²) in [5.41, 5.74) is 2.29. The predicted octanol–water partition coefficient (Wildman–Crippen LogP) is 5.82. The number of ether oxygens (including phenoxy) is 2. The third kappa shape index (κ3) is 6.77. The number of fused-ring (bicyclic) bond motifs is 3. The Morgan fingerprint density at radius 2 is 2.10 bits per heavy atom. The van der Waals surface area contributed by atoms with Crippen LogP contribution in [0.3, 0.4) is 0 Å². The van der Waals surface area contributed by atoms with Gasteiger partial charge in [0.15, 0.2) is 0 Å². The van der Waals surface area contributed by atoms with Crippen LogP contribution < -0.4 is 5.32 Å². The van der Waals surface area contributed by atoms with Gasteiger partial charge in [-0.1, -0.05) is 19.6 Å². The molecule has 10 heteroatoms. The minimum atomic E-state index is -1.23. The van der Waals surface area contributed by atoms with Gasteiger partial charge in [-0.3, -0.25) is 9.47 Å². The first-order valence-corrected chi connectivity index (χ1v) is 17.6. The van der Waals surface area contributed by atoms with Gasteiger partial charge in [-0.25, -0.2) is 14.8 Å². The highest BCUT2D eigenvalue weighted by Gasteiger charge is 2.35. The topological polar surface area (TPSA) is 105 Å². The van der Waals surface area contributed by atoms with Crippen LogP contribution in [0, 0.1) is 11.3 Å². The van der Waals surface area contributed by atoms with Crippen LogP contribution in [0.1, 0.15) is 57.8 Å². The molecule has 0 saturated carbocycles. The summed E-state index contributed by atoms with van der Waals surface area (Å²) in [7, 11) is -1.23. The third-order valence-corrected chi connectivity index (χ3v) is 8.83. The summed E-state index contributed by atoms with van der Waals surface area (Å²) in [4.78, 5) is 24.6. The van der Waals surface area contributed by atoms with Gasteiger partial charge >= 0.3 is 6.09 Å². The molecule has 1 unspecified atom stereocenters. The molecule has 9 nitrogen and oxygen atoms in total. The van der Waals surface area contributed by atoms with Gasteiger partial charge in [0.1, 0.15) is 29.7 Å². The molecular formula is C29H42N6O3Si. The highest BCUT2D eigenvalue weighted by atomic mass is 28.3. The lowest BCUT2D eigenvalue weighted by molar-refractivity contribution is 0.00357. The van der Waals surface area contributed by atoms with Gasteiger partial charge < -0.3 is 14.8 Å². The number of amides is 1. The van der Waals surface area contributed by atoms with Gasteiger partial charge in [0.2, 0.25) is 0 Å². The first-order chi connectivity index (χ1) is 18.4. The molecule has 2 atom stereocenters.